The Hall–Kier alpha value is -3.30. The minimum atomic E-state index is -0.620. The fourth-order valence-corrected chi connectivity index (χ4v) is 2.37. The van der Waals surface area contributed by atoms with Crippen LogP contribution in [-0.2, 0) is 4.79 Å². The molecule has 0 bridgehead atoms. The van der Waals surface area contributed by atoms with Gasteiger partial charge in [-0.05, 0) is 37.3 Å². The number of fused-ring (bicyclic) bond motifs is 1. The fourth-order valence-electron chi connectivity index (χ4n) is 2.32. The normalized spacial score (nSPS) is 11.4. The van der Waals surface area contributed by atoms with Crippen molar-refractivity contribution in [1.82, 2.24) is 9.97 Å². The fraction of sp³-hybridized carbons (Fsp3) is 0.105. The van der Waals surface area contributed by atoms with E-state index in [1.807, 2.05) is 18.2 Å². The van der Waals surface area contributed by atoms with Crippen LogP contribution >= 0.6 is 11.6 Å². The van der Waals surface area contributed by atoms with E-state index in [0.717, 1.165) is 11.1 Å². The van der Waals surface area contributed by atoms with E-state index in [2.05, 4.69) is 26.7 Å². The van der Waals surface area contributed by atoms with E-state index in [0.29, 0.717) is 22.8 Å². The number of halogens is 1. The van der Waals surface area contributed by atoms with Crippen molar-refractivity contribution in [2.24, 2.45) is 0 Å². The lowest BCUT2D eigenvalue weighted by molar-refractivity contribution is -0.115. The summed E-state index contributed by atoms with van der Waals surface area (Å²) in [5.74, 6) is 0.899. The maximum atomic E-state index is 11.7. The number of alkyl halides is 1. The van der Waals surface area contributed by atoms with Gasteiger partial charge in [0.1, 0.15) is 29.4 Å². The van der Waals surface area contributed by atoms with Gasteiger partial charge in [0, 0.05) is 22.8 Å². The van der Waals surface area contributed by atoms with E-state index < -0.39 is 5.38 Å². The molecule has 0 aliphatic heterocycles. The molecule has 0 saturated heterocycles. The van der Waals surface area contributed by atoms with Gasteiger partial charge in [-0.15, -0.1) is 11.6 Å². The van der Waals surface area contributed by atoms with Gasteiger partial charge >= 0.3 is 0 Å². The van der Waals surface area contributed by atoms with Crippen LogP contribution in [0, 0.1) is 12.5 Å². The molecule has 1 heterocycles. The number of anilines is 3. The largest absolute Gasteiger partial charge is 0.408 e. The summed E-state index contributed by atoms with van der Waals surface area (Å²) in [6.45, 7) is 1.61. The average molecular weight is 367 g/mol. The highest BCUT2D eigenvalue weighted by Crippen LogP contribution is 2.27. The lowest BCUT2D eigenvalue weighted by Gasteiger charge is -2.11. The van der Waals surface area contributed by atoms with Crippen LogP contribution in [0.4, 0.5) is 17.2 Å². The van der Waals surface area contributed by atoms with Crippen molar-refractivity contribution in [3.63, 3.8) is 0 Å². The molecule has 0 unspecified atom stereocenters. The zero-order valence-electron chi connectivity index (χ0n) is 13.9. The Balaban J connectivity index is 1.89. The molecule has 130 valence electrons. The van der Waals surface area contributed by atoms with Gasteiger partial charge in [0.05, 0.1) is 5.52 Å². The Kier molecular flexibility index (Phi) is 5.20. The van der Waals surface area contributed by atoms with Crippen molar-refractivity contribution < 1.29 is 9.53 Å². The third-order valence-corrected chi connectivity index (χ3v) is 3.74. The van der Waals surface area contributed by atoms with Crippen LogP contribution in [0.25, 0.3) is 10.9 Å². The molecule has 0 aliphatic rings. The van der Waals surface area contributed by atoms with Crippen LogP contribution in [0.2, 0.25) is 0 Å². The molecule has 0 saturated carbocycles. The topological polar surface area (TPSA) is 76.1 Å². The molecule has 0 radical (unpaired) electrons. The Morgan fingerprint density at radius 2 is 2.08 bits per heavy atom. The quantitative estimate of drug-likeness (QED) is 0.529. The third-order valence-electron chi connectivity index (χ3n) is 3.54. The molecule has 0 spiro atoms. The first-order chi connectivity index (χ1) is 12.6. The second-order valence-electron chi connectivity index (χ2n) is 5.43. The van der Waals surface area contributed by atoms with Gasteiger partial charge in [-0.1, -0.05) is 12.5 Å². The van der Waals surface area contributed by atoms with Crippen LogP contribution in [0.3, 0.4) is 0 Å². The Labute approximate surface area is 155 Å². The molecule has 3 rings (SSSR count). The lowest BCUT2D eigenvalue weighted by Crippen LogP contribution is -2.20. The smallest absolute Gasteiger partial charge is 0.242 e. The van der Waals surface area contributed by atoms with Crippen molar-refractivity contribution in [3.8, 4) is 18.3 Å². The molecule has 1 aromatic heterocycles. The molecule has 1 amide bonds. The molecular weight excluding hydrogens is 352 g/mol. The van der Waals surface area contributed by atoms with Crippen LogP contribution in [0.5, 0.6) is 5.75 Å². The number of hydrogen-bond acceptors (Lipinski definition) is 5. The average Bonchev–Trinajstić information content (AvgIpc) is 2.62. The van der Waals surface area contributed by atoms with Gasteiger partial charge in [-0.3, -0.25) is 4.79 Å². The molecule has 2 aromatic carbocycles. The number of carbonyl (C=O) groups is 1. The van der Waals surface area contributed by atoms with Gasteiger partial charge < -0.3 is 15.4 Å². The van der Waals surface area contributed by atoms with Crippen molar-refractivity contribution in [3.05, 3.63) is 48.8 Å². The van der Waals surface area contributed by atoms with Crippen LogP contribution in [-0.4, -0.2) is 21.3 Å². The molecule has 0 fully saturated rings. The molecule has 7 heteroatoms. The standard InChI is InChI=1S/C19H15ClN4O2/c1-3-26-15-6-4-5-13(9-15)23-18-16-8-7-14(24-19(25)12(2)20)10-17(16)21-11-22-18/h1,4-12H,2H3,(H,24,25)(H,21,22,23)/t12-/m0/s1. The molecule has 2 N–H and O–H groups in total. The van der Waals surface area contributed by atoms with Gasteiger partial charge in [-0.25, -0.2) is 9.97 Å². The number of amides is 1. The number of benzene rings is 2. The highest BCUT2D eigenvalue weighted by Gasteiger charge is 2.11. The summed E-state index contributed by atoms with van der Waals surface area (Å²) >= 11 is 5.78. The zero-order valence-corrected chi connectivity index (χ0v) is 14.6. The van der Waals surface area contributed by atoms with E-state index in [1.165, 1.54) is 6.33 Å². The number of rotatable bonds is 5. The summed E-state index contributed by atoms with van der Waals surface area (Å²) in [4.78, 5) is 20.3. The number of terminal acetylenes is 1. The van der Waals surface area contributed by atoms with Crippen LogP contribution < -0.4 is 15.4 Å². The summed E-state index contributed by atoms with van der Waals surface area (Å²) in [5.41, 5.74) is 2.06. The highest BCUT2D eigenvalue weighted by molar-refractivity contribution is 6.32. The Morgan fingerprint density at radius 1 is 1.23 bits per heavy atom. The number of aromatic nitrogens is 2. The van der Waals surface area contributed by atoms with E-state index in [1.54, 1.807) is 31.2 Å². The number of carbonyl (C=O) groups excluding carboxylic acids is 1. The van der Waals surface area contributed by atoms with Gasteiger partial charge in [0.15, 0.2) is 0 Å². The maximum Gasteiger partial charge on any atom is 0.242 e. The second-order valence-corrected chi connectivity index (χ2v) is 6.09. The summed E-state index contributed by atoms with van der Waals surface area (Å²) < 4.78 is 5.05. The first kappa shape index (κ1) is 17.5. The van der Waals surface area contributed by atoms with Crippen molar-refractivity contribution in [2.75, 3.05) is 10.6 Å². The van der Waals surface area contributed by atoms with E-state index in [9.17, 15) is 4.79 Å². The van der Waals surface area contributed by atoms with Crippen molar-refractivity contribution in [1.29, 1.82) is 0 Å². The van der Waals surface area contributed by atoms with Gasteiger partial charge in [0.25, 0.3) is 0 Å². The number of nitrogens with one attached hydrogen (secondary N) is 2. The highest BCUT2D eigenvalue weighted by atomic mass is 35.5. The van der Waals surface area contributed by atoms with E-state index in [-0.39, 0.29) is 5.91 Å². The van der Waals surface area contributed by atoms with Gasteiger partial charge in [-0.2, -0.15) is 0 Å². The SMILES string of the molecule is C#COc1cccc(Nc2ncnc3cc(NC(=O)[C@H](C)Cl)ccc23)c1. The first-order valence-corrected chi connectivity index (χ1v) is 8.19. The number of nitrogens with zero attached hydrogens (tertiary/aromatic N) is 2. The van der Waals surface area contributed by atoms with Gasteiger partial charge in [0.2, 0.25) is 5.91 Å². The molecular formula is C19H15ClN4O2. The van der Waals surface area contributed by atoms with Crippen LogP contribution in [0.15, 0.2) is 48.8 Å². The third kappa shape index (κ3) is 4.02. The van der Waals surface area contributed by atoms with E-state index in [4.69, 9.17) is 22.8 Å². The minimum absolute atomic E-state index is 0.274. The predicted octanol–water partition coefficient (Wildman–Crippen LogP) is 3.91. The zero-order chi connectivity index (χ0) is 18.5. The van der Waals surface area contributed by atoms with Crippen molar-refractivity contribution >= 4 is 45.6 Å². The molecule has 6 nitrogen and oxygen atoms in total. The minimum Gasteiger partial charge on any atom is -0.408 e. The first-order valence-electron chi connectivity index (χ1n) is 7.76. The summed E-state index contributed by atoms with van der Waals surface area (Å²) in [7, 11) is 0. The van der Waals surface area contributed by atoms with Crippen LogP contribution in [0.1, 0.15) is 6.92 Å². The predicted molar refractivity (Wildman–Crippen MR) is 103 cm³/mol. The lowest BCUT2D eigenvalue weighted by atomic mass is 10.2. The summed E-state index contributed by atoms with van der Waals surface area (Å²) in [6.07, 6.45) is 8.74. The van der Waals surface area contributed by atoms with E-state index >= 15 is 0 Å². The maximum absolute atomic E-state index is 11.7. The molecule has 3 aromatic rings. The monoisotopic (exact) mass is 366 g/mol. The molecule has 0 aliphatic carbocycles. The summed E-state index contributed by atoms with van der Waals surface area (Å²) in [5, 5.41) is 6.13. The summed E-state index contributed by atoms with van der Waals surface area (Å²) in [6, 6.07) is 12.6. The molecule has 26 heavy (non-hydrogen) atoms. The Morgan fingerprint density at radius 3 is 2.85 bits per heavy atom. The Bertz CT molecular complexity index is 998. The number of hydrogen-bond donors (Lipinski definition) is 2. The second kappa shape index (κ2) is 7.72. The molecule has 1 atom stereocenters. The number of ether oxygens (including phenoxy) is 1. The van der Waals surface area contributed by atoms with Crippen molar-refractivity contribution in [2.45, 2.75) is 12.3 Å².